The Morgan fingerprint density at radius 3 is 2.28 bits per heavy atom. The molecule has 18 heavy (non-hydrogen) atoms. The van der Waals surface area contributed by atoms with Crippen LogP contribution in [-0.2, 0) is 6.42 Å². The summed E-state index contributed by atoms with van der Waals surface area (Å²) >= 11 is 0. The third kappa shape index (κ3) is 2.13. The molecule has 0 aliphatic heterocycles. The van der Waals surface area contributed by atoms with Crippen molar-refractivity contribution < 1.29 is 0 Å². The summed E-state index contributed by atoms with van der Waals surface area (Å²) in [4.78, 5) is 0. The summed E-state index contributed by atoms with van der Waals surface area (Å²) in [5.74, 6) is 0. The van der Waals surface area contributed by atoms with Gasteiger partial charge in [-0.1, -0.05) is 42.5 Å². The normalized spacial score (nSPS) is 11.2. The molecule has 90 valence electrons. The Balaban J connectivity index is 2.22. The zero-order valence-corrected chi connectivity index (χ0v) is 11.5. The van der Waals surface area contributed by atoms with Crippen LogP contribution in [0.4, 0.5) is 0 Å². The van der Waals surface area contributed by atoms with E-state index in [0.29, 0.717) is 0 Å². The van der Waals surface area contributed by atoms with Crippen LogP contribution < -0.4 is 0 Å². The van der Waals surface area contributed by atoms with Gasteiger partial charge in [0.2, 0.25) is 0 Å². The summed E-state index contributed by atoms with van der Waals surface area (Å²) in [6, 6.07) is 19.9. The van der Waals surface area contributed by atoms with Crippen molar-refractivity contribution in [3.63, 3.8) is 0 Å². The molecule has 1 heteroatoms. The minimum Gasteiger partial charge on any atom is -0.138 e. The molecule has 0 aromatic heterocycles. The van der Waals surface area contributed by atoms with Crippen molar-refractivity contribution in [2.75, 3.05) is 6.16 Å². The van der Waals surface area contributed by atoms with E-state index in [1.165, 1.54) is 46.1 Å². The van der Waals surface area contributed by atoms with E-state index in [-0.39, 0.29) is 0 Å². The summed E-state index contributed by atoms with van der Waals surface area (Å²) in [5, 5.41) is 5.43. The SMILES string of the molecule is PCCCc1cccc2cc3ccccc3cc12. The first-order valence-corrected chi connectivity index (χ1v) is 7.30. The number of rotatable bonds is 3. The summed E-state index contributed by atoms with van der Waals surface area (Å²) in [7, 11) is 2.81. The van der Waals surface area contributed by atoms with Gasteiger partial charge in [0.15, 0.2) is 0 Å². The third-order valence-electron chi connectivity index (χ3n) is 3.49. The Kier molecular flexibility index (Phi) is 3.30. The predicted octanol–water partition coefficient (Wildman–Crippen LogP) is 4.80. The lowest BCUT2D eigenvalue weighted by molar-refractivity contribution is 0.942. The van der Waals surface area contributed by atoms with Crippen molar-refractivity contribution in [1.82, 2.24) is 0 Å². The fourth-order valence-electron chi connectivity index (χ4n) is 2.54. The Morgan fingerprint density at radius 2 is 1.50 bits per heavy atom. The van der Waals surface area contributed by atoms with Gasteiger partial charge in [0.25, 0.3) is 0 Å². The molecule has 3 aromatic rings. The van der Waals surface area contributed by atoms with Crippen molar-refractivity contribution in [3.05, 3.63) is 60.2 Å². The Morgan fingerprint density at radius 1 is 0.778 bits per heavy atom. The monoisotopic (exact) mass is 252 g/mol. The van der Waals surface area contributed by atoms with Crippen molar-refractivity contribution in [3.8, 4) is 0 Å². The van der Waals surface area contributed by atoms with E-state index >= 15 is 0 Å². The highest BCUT2D eigenvalue weighted by Gasteiger charge is 2.02. The molecule has 1 atom stereocenters. The van der Waals surface area contributed by atoms with Crippen LogP contribution in [0.1, 0.15) is 12.0 Å². The van der Waals surface area contributed by atoms with Gasteiger partial charge < -0.3 is 0 Å². The molecule has 0 saturated carbocycles. The van der Waals surface area contributed by atoms with Gasteiger partial charge in [-0.2, -0.15) is 0 Å². The number of hydrogen-bond acceptors (Lipinski definition) is 0. The zero-order chi connectivity index (χ0) is 12.4. The molecular formula is C17H17P. The van der Waals surface area contributed by atoms with Crippen LogP contribution >= 0.6 is 9.24 Å². The van der Waals surface area contributed by atoms with Gasteiger partial charge in [-0.15, -0.1) is 9.24 Å². The van der Waals surface area contributed by atoms with E-state index in [9.17, 15) is 0 Å². The van der Waals surface area contributed by atoms with Gasteiger partial charge in [0.05, 0.1) is 0 Å². The molecule has 3 rings (SSSR count). The second-order valence-electron chi connectivity index (χ2n) is 4.73. The first-order chi connectivity index (χ1) is 8.88. The predicted molar refractivity (Wildman–Crippen MR) is 84.4 cm³/mol. The summed E-state index contributed by atoms with van der Waals surface area (Å²) < 4.78 is 0. The third-order valence-corrected chi connectivity index (χ3v) is 3.90. The van der Waals surface area contributed by atoms with Crippen LogP contribution in [0.15, 0.2) is 54.6 Å². The Bertz CT molecular complexity index is 685. The lowest BCUT2D eigenvalue weighted by Crippen LogP contribution is -1.88. The fourth-order valence-corrected chi connectivity index (χ4v) is 2.75. The van der Waals surface area contributed by atoms with E-state index in [0.717, 1.165) is 0 Å². The molecule has 0 nitrogen and oxygen atoms in total. The molecule has 0 aliphatic carbocycles. The van der Waals surface area contributed by atoms with Gasteiger partial charge in [-0.25, -0.2) is 0 Å². The van der Waals surface area contributed by atoms with Gasteiger partial charge in [-0.05, 0) is 58.2 Å². The van der Waals surface area contributed by atoms with E-state index in [1.807, 2.05) is 0 Å². The van der Waals surface area contributed by atoms with Crippen molar-refractivity contribution in [2.24, 2.45) is 0 Å². The molecule has 0 amide bonds. The smallest absolute Gasteiger partial charge is 0.0146 e. The van der Waals surface area contributed by atoms with Crippen molar-refractivity contribution in [1.29, 1.82) is 0 Å². The van der Waals surface area contributed by atoms with E-state index < -0.39 is 0 Å². The Labute approximate surface area is 110 Å². The fraction of sp³-hybridized carbons (Fsp3) is 0.176. The second-order valence-corrected chi connectivity index (χ2v) is 5.31. The number of benzene rings is 3. The standard InChI is InChI=1S/C17H17P/c18-10-4-9-13-7-3-8-16-11-14-5-1-2-6-15(14)12-17(13)16/h1-3,5-8,11-12H,4,9-10,18H2. The van der Waals surface area contributed by atoms with Gasteiger partial charge in [-0.3, -0.25) is 0 Å². The quantitative estimate of drug-likeness (QED) is 0.464. The van der Waals surface area contributed by atoms with E-state index in [4.69, 9.17) is 0 Å². The molecule has 0 bridgehead atoms. The summed E-state index contributed by atoms with van der Waals surface area (Å²) in [5.41, 5.74) is 1.47. The molecular weight excluding hydrogens is 235 g/mol. The average molecular weight is 252 g/mol. The highest BCUT2D eigenvalue weighted by Crippen LogP contribution is 2.26. The molecule has 0 N–H and O–H groups in total. The summed E-state index contributed by atoms with van der Waals surface area (Å²) in [6.45, 7) is 0. The van der Waals surface area contributed by atoms with Crippen LogP contribution in [0.5, 0.6) is 0 Å². The minimum atomic E-state index is 1.17. The van der Waals surface area contributed by atoms with Crippen LogP contribution in [0.3, 0.4) is 0 Å². The lowest BCUT2D eigenvalue weighted by Gasteiger charge is -2.08. The molecule has 0 spiro atoms. The van der Waals surface area contributed by atoms with E-state index in [2.05, 4.69) is 63.8 Å². The highest BCUT2D eigenvalue weighted by atomic mass is 31.0. The number of hydrogen-bond donors (Lipinski definition) is 0. The molecule has 0 radical (unpaired) electrons. The summed E-state index contributed by atoms with van der Waals surface area (Å²) in [6.07, 6.45) is 3.57. The second kappa shape index (κ2) is 5.08. The lowest BCUT2D eigenvalue weighted by atomic mass is 9.98. The largest absolute Gasteiger partial charge is 0.138 e. The van der Waals surface area contributed by atoms with Crippen LogP contribution in [0, 0.1) is 0 Å². The average Bonchev–Trinajstić information content (AvgIpc) is 2.43. The molecule has 0 heterocycles. The Hall–Kier alpha value is -1.39. The molecule has 1 unspecified atom stereocenters. The first kappa shape index (κ1) is 11.7. The van der Waals surface area contributed by atoms with E-state index in [1.54, 1.807) is 0 Å². The maximum absolute atomic E-state index is 2.81. The van der Waals surface area contributed by atoms with Crippen molar-refractivity contribution in [2.45, 2.75) is 12.8 Å². The molecule has 3 aromatic carbocycles. The van der Waals surface area contributed by atoms with Gasteiger partial charge >= 0.3 is 0 Å². The topological polar surface area (TPSA) is 0 Å². The van der Waals surface area contributed by atoms with Gasteiger partial charge in [0, 0.05) is 0 Å². The maximum atomic E-state index is 2.81. The highest BCUT2D eigenvalue weighted by molar-refractivity contribution is 7.16. The minimum absolute atomic E-state index is 1.17. The van der Waals surface area contributed by atoms with Gasteiger partial charge in [0.1, 0.15) is 0 Å². The first-order valence-electron chi connectivity index (χ1n) is 6.49. The maximum Gasteiger partial charge on any atom is -0.0146 e. The number of aryl methyl sites for hydroxylation is 1. The van der Waals surface area contributed by atoms with Crippen molar-refractivity contribution >= 4 is 30.8 Å². The molecule has 0 aliphatic rings. The molecule has 0 saturated heterocycles. The number of fused-ring (bicyclic) bond motifs is 2. The van der Waals surface area contributed by atoms with Crippen LogP contribution in [0.25, 0.3) is 21.5 Å². The van der Waals surface area contributed by atoms with Crippen LogP contribution in [-0.4, -0.2) is 6.16 Å². The zero-order valence-electron chi connectivity index (χ0n) is 10.4. The molecule has 0 fully saturated rings. The van der Waals surface area contributed by atoms with Crippen LogP contribution in [0.2, 0.25) is 0 Å².